The highest BCUT2D eigenvalue weighted by Crippen LogP contribution is 2.41. The highest BCUT2D eigenvalue weighted by atomic mass is 31.2. The maximum atomic E-state index is 11.8. The summed E-state index contributed by atoms with van der Waals surface area (Å²) in [5, 5.41) is 87.5. The van der Waals surface area contributed by atoms with Crippen molar-refractivity contribution >= 4 is 114 Å². The maximum Gasteiger partial charge on any atom is 0.269 e. The molecule has 10 aromatic rings. The van der Waals surface area contributed by atoms with Gasteiger partial charge in [-0.05, 0) is 270 Å². The van der Waals surface area contributed by atoms with E-state index in [-0.39, 0.29) is 28.4 Å². The van der Waals surface area contributed by atoms with Gasteiger partial charge in [-0.3, -0.25) is 65.0 Å². The summed E-state index contributed by atoms with van der Waals surface area (Å²) in [6.45, 7) is 12.4. The number of allylic oxidation sites excluding steroid dienone is 24. The Bertz CT molecular complexity index is 6600. The second-order valence-corrected chi connectivity index (χ2v) is 37.2. The number of benzene rings is 10. The second kappa shape index (κ2) is 62.5. The highest BCUT2D eigenvalue weighted by molar-refractivity contribution is 7.63. The van der Waals surface area contributed by atoms with Crippen LogP contribution in [-0.2, 0) is 18.7 Å². The molecule has 0 fully saturated rings. The second-order valence-electron chi connectivity index (χ2n) is 30.2. The molecule has 0 radical (unpaired) electrons. The summed E-state index contributed by atoms with van der Waals surface area (Å²) in [7, 11) is 3.86. The van der Waals surface area contributed by atoms with Crippen LogP contribution in [0.5, 0.6) is 28.7 Å². The third-order valence-corrected chi connectivity index (χ3v) is 21.1. The minimum Gasteiger partial charge on any atom is -0.497 e. The molecule has 0 aliphatic heterocycles. The van der Waals surface area contributed by atoms with Crippen LogP contribution in [0.25, 0.3) is 52.2 Å². The average Bonchev–Trinajstić information content (AvgIpc) is 0.878. The molecule has 0 atom stereocenters. The molecule has 0 aromatic heterocycles. The van der Waals surface area contributed by atoms with Gasteiger partial charge < -0.3 is 32.8 Å². The Kier molecular flexibility index (Phi) is 51.0. The van der Waals surface area contributed by atoms with Gasteiger partial charge in [-0.2, -0.15) is 21.0 Å². The highest BCUT2D eigenvalue weighted by Gasteiger charge is 2.15. The number of aldehydes is 3. The summed E-state index contributed by atoms with van der Waals surface area (Å²) < 4.78 is 48.7. The summed E-state index contributed by atoms with van der Waals surface area (Å²) >= 11 is 0. The fourth-order valence-electron chi connectivity index (χ4n) is 11.7. The van der Waals surface area contributed by atoms with Crippen LogP contribution in [-0.4, -0.2) is 118 Å². The molecule has 0 aliphatic rings. The molecule has 0 amide bonds. The van der Waals surface area contributed by atoms with Crippen LogP contribution in [0.15, 0.2) is 357 Å². The Morgan fingerprint density at radius 3 is 0.800 bits per heavy atom. The normalized spacial score (nSPS) is 11.8. The van der Waals surface area contributed by atoms with E-state index in [9.17, 15) is 74.1 Å². The zero-order valence-corrected chi connectivity index (χ0v) is 80.7. The largest absolute Gasteiger partial charge is 0.497 e. The lowest BCUT2D eigenvalue weighted by Crippen LogP contribution is -1.93. The SMILES string of the molecule is C/C(=C\C#N)CP(C)(C)=O.COc1ccc(/C(=C\C#N)CP(C)(C)=O)cc1.COc1ccc(C(=C\C#N)/C=C/c2ccc([N+](=O)[O-])cc2)cc1.COc1ccc(C(=C\C=C\C(C)=C\C#N)/C=C/c2ccc([N+](=O)[O-])cc2)cc1.COc1ccc(C(=C\C=C\C(C)=C\C=O)/C=C/c2ccc([N+](=O)[O-])cc2)cc1.COc1ccc(C(=C\C=O)/C=C/c2ccc([N+](=O)[O-])cc2)cc1.O=Cc1ccc([N+](=O)[O-])cc1. The fourth-order valence-corrected chi connectivity index (χ4v) is 14.1. The first-order chi connectivity index (χ1) is 67.0. The molecule has 0 aliphatic carbocycles. The number of nitro groups is 5. The van der Waals surface area contributed by atoms with E-state index in [0.717, 1.165) is 136 Å². The molecule has 0 saturated carbocycles. The lowest BCUT2D eigenvalue weighted by molar-refractivity contribution is -0.385. The molecule has 0 N–H and O–H groups in total. The number of rotatable bonds is 34. The van der Waals surface area contributed by atoms with Crippen LogP contribution in [0, 0.1) is 95.9 Å². The molecule has 714 valence electrons. The van der Waals surface area contributed by atoms with E-state index >= 15 is 0 Å². The average molecular weight is 1920 g/mol. The summed E-state index contributed by atoms with van der Waals surface area (Å²) in [6, 6.07) is 75.9. The first kappa shape index (κ1) is 114. The van der Waals surface area contributed by atoms with E-state index in [1.807, 2.05) is 227 Å². The predicted octanol–water partition coefficient (Wildman–Crippen LogP) is 26.0. The first-order valence-electron chi connectivity index (χ1n) is 42.0. The van der Waals surface area contributed by atoms with Gasteiger partial charge in [0.05, 0.1) is 98.7 Å². The first-order valence-corrected chi connectivity index (χ1v) is 47.6. The standard InChI is InChI=1S/C23H20N2O3.C23H21NO4.C18H14N2O3.C18H15NO4.C13H16NO2P.C7H5NO3.C7H12NOP/c1-18(16-17-24)4-3-5-20(21-10-14-23(28-2)15-11-21)9-6-19-7-12-22(13-8-19)25(26)27;1-18(16-17-25)4-3-5-20(21-10-14-23(28-2)15-11-21)9-6-19-7-12-22(13-8-19)24(26)27;1-23-18-10-6-15(7-11-18)16(12-13-19)5-2-14-3-8-17(9-4-14)20(21)22;1-23-18-10-6-15(7-11-18)16(12-13-20)5-2-14-3-8-17(9-4-14)19(21)22;1-16-13-6-4-11(5-7-13)12(8-9-14)10-17(2,3)15;9-5-6-1-3-7(4-2-6)8(10)11;1-7(4-5-8)6-10(2,3)9/h3-16H,1-2H3;3-17H,1-2H3;2-12H,1H3;2-13H,1H3;4-8H,10H2,1-3H3;1-5H;4H,6H2,1-3H3/b2*4-3+,9-6+,18-16+,20-5-;2*5-2+,16-12-;12-8-;;7-4+. The van der Waals surface area contributed by atoms with Crippen LogP contribution in [0.3, 0.4) is 0 Å². The number of nitriles is 4. The zero-order chi connectivity index (χ0) is 103. The van der Waals surface area contributed by atoms with E-state index in [1.54, 1.807) is 135 Å². The van der Waals surface area contributed by atoms with Crippen molar-refractivity contribution in [1.82, 2.24) is 0 Å². The van der Waals surface area contributed by atoms with Crippen molar-refractivity contribution in [3.8, 4) is 53.0 Å². The van der Waals surface area contributed by atoms with E-state index in [0.29, 0.717) is 24.2 Å². The number of nitrogens with zero attached hydrogens (tertiary/aromatic N) is 9. The van der Waals surface area contributed by atoms with Gasteiger partial charge in [0.1, 0.15) is 47.6 Å². The van der Waals surface area contributed by atoms with Crippen molar-refractivity contribution < 1.29 is 71.8 Å². The Hall–Kier alpha value is -18.0. The van der Waals surface area contributed by atoms with Gasteiger partial charge in [-0.25, -0.2) is 0 Å². The van der Waals surface area contributed by atoms with Crippen molar-refractivity contribution in [2.24, 2.45) is 0 Å². The quantitative estimate of drug-likeness (QED) is 0.00687. The van der Waals surface area contributed by atoms with Crippen molar-refractivity contribution in [2.45, 2.75) is 20.8 Å². The maximum absolute atomic E-state index is 11.8. The van der Waals surface area contributed by atoms with Gasteiger partial charge in [-0.15, -0.1) is 0 Å². The number of hydrogen-bond donors (Lipinski definition) is 0. The molecule has 10 aromatic carbocycles. The molecule has 10 rings (SSSR count). The smallest absolute Gasteiger partial charge is 0.269 e. The number of hydrogen-bond acceptors (Lipinski definition) is 24. The Labute approximate surface area is 813 Å². The van der Waals surface area contributed by atoms with Crippen LogP contribution < -0.4 is 23.7 Å². The molecule has 0 saturated heterocycles. The summed E-state index contributed by atoms with van der Waals surface area (Å²) in [5.74, 6) is 3.78. The lowest BCUT2D eigenvalue weighted by atomic mass is 10.0. The molecule has 0 spiro atoms. The van der Waals surface area contributed by atoms with Gasteiger partial charge in [0.15, 0.2) is 0 Å². The predicted molar refractivity (Wildman–Crippen MR) is 555 cm³/mol. The van der Waals surface area contributed by atoms with E-state index < -0.39 is 38.9 Å². The van der Waals surface area contributed by atoms with Crippen molar-refractivity contribution in [3.05, 3.63) is 463 Å². The van der Waals surface area contributed by atoms with Gasteiger partial charge in [-0.1, -0.05) is 151 Å². The van der Waals surface area contributed by atoms with Gasteiger partial charge in [0.2, 0.25) is 0 Å². The van der Waals surface area contributed by atoms with Gasteiger partial charge in [0.25, 0.3) is 28.4 Å². The monoisotopic (exact) mass is 1920 g/mol. The van der Waals surface area contributed by atoms with E-state index in [2.05, 4.69) is 0 Å². The molecular weight excluding hydrogens is 1820 g/mol. The third-order valence-electron chi connectivity index (χ3n) is 18.7. The summed E-state index contributed by atoms with van der Waals surface area (Å²) in [5.41, 5.74) is 15.4. The molecule has 140 heavy (non-hydrogen) atoms. The number of methoxy groups -OCH3 is 5. The molecular formula is C109H103N9O20P2. The molecule has 29 nitrogen and oxygen atoms in total. The zero-order valence-electron chi connectivity index (χ0n) is 78.9. The van der Waals surface area contributed by atoms with Crippen LogP contribution >= 0.6 is 14.3 Å². The number of nitro benzene ring substituents is 5. The number of ether oxygens (including phenoxy) is 5. The van der Waals surface area contributed by atoms with E-state index in [4.69, 9.17) is 44.7 Å². The van der Waals surface area contributed by atoms with Crippen molar-refractivity contribution in [1.29, 1.82) is 21.0 Å². The van der Waals surface area contributed by atoms with Crippen molar-refractivity contribution in [3.63, 3.8) is 0 Å². The number of carbonyl (C=O) groups is 3. The van der Waals surface area contributed by atoms with E-state index in [1.165, 1.54) is 109 Å². The number of carbonyl (C=O) groups excluding carboxylic acids is 3. The summed E-state index contributed by atoms with van der Waals surface area (Å²) in [6.07, 6.45) is 38.1. The Morgan fingerprint density at radius 2 is 0.550 bits per heavy atom. The molecule has 0 heterocycles. The van der Waals surface area contributed by atoms with Crippen LogP contribution in [0.1, 0.15) is 81.2 Å². The van der Waals surface area contributed by atoms with Gasteiger partial charge in [0, 0.05) is 103 Å². The summed E-state index contributed by atoms with van der Waals surface area (Å²) in [4.78, 5) is 82.2. The topological polar surface area (TPSA) is 442 Å². The number of non-ortho nitro benzene ring substituents is 5. The molecule has 0 bridgehead atoms. The van der Waals surface area contributed by atoms with Crippen LogP contribution in [0.4, 0.5) is 28.4 Å². The lowest BCUT2D eigenvalue weighted by Gasteiger charge is -2.10. The molecule has 31 heteroatoms. The van der Waals surface area contributed by atoms with Crippen LogP contribution in [0.2, 0.25) is 0 Å². The molecule has 0 unspecified atom stereocenters. The van der Waals surface area contributed by atoms with Gasteiger partial charge >= 0.3 is 0 Å². The fraction of sp³-hybridized carbons (Fsp3) is 0.128. The third kappa shape index (κ3) is 45.1. The Balaban J connectivity index is 0.000000349. The minimum absolute atomic E-state index is 0.00407. The minimum atomic E-state index is -2.19. The van der Waals surface area contributed by atoms with Crippen molar-refractivity contribution in [2.75, 3.05) is 74.5 Å². The Morgan fingerprint density at radius 1 is 0.300 bits per heavy atom.